The lowest BCUT2D eigenvalue weighted by Gasteiger charge is -1.88. The number of benzene rings is 1. The molecule has 52 valence electrons. The third-order valence-corrected chi connectivity index (χ3v) is 1.82. The van der Waals surface area contributed by atoms with E-state index >= 15 is 0 Å². The van der Waals surface area contributed by atoms with Crippen molar-refractivity contribution in [2.75, 3.05) is 0 Å². The minimum atomic E-state index is 0.781. The van der Waals surface area contributed by atoms with Crippen molar-refractivity contribution >= 4 is 10.9 Å². The van der Waals surface area contributed by atoms with Crippen LogP contribution in [0.3, 0.4) is 0 Å². The lowest BCUT2D eigenvalue weighted by Crippen LogP contribution is -1.69. The molecule has 2 heterocycles. The standard InChI is InChI=1S/C9H5NO/c1-2-4-7-6(3-1)5-8-9(10-7)11-8/h1-5H. The maximum atomic E-state index is 5.07. The third-order valence-electron chi connectivity index (χ3n) is 1.82. The molecule has 1 aliphatic rings. The van der Waals surface area contributed by atoms with Crippen molar-refractivity contribution < 1.29 is 4.74 Å². The van der Waals surface area contributed by atoms with Crippen molar-refractivity contribution in [1.82, 2.24) is 4.98 Å². The van der Waals surface area contributed by atoms with Gasteiger partial charge < -0.3 is 4.74 Å². The summed E-state index contributed by atoms with van der Waals surface area (Å²) in [6, 6.07) is 10.0. The second-order valence-corrected chi connectivity index (χ2v) is 2.59. The van der Waals surface area contributed by atoms with E-state index in [4.69, 9.17) is 4.74 Å². The molecule has 1 aromatic heterocycles. The second-order valence-electron chi connectivity index (χ2n) is 2.59. The van der Waals surface area contributed by atoms with E-state index in [1.54, 1.807) is 0 Å². The number of hydrogen-bond acceptors (Lipinski definition) is 2. The molecule has 0 bridgehead atoms. The number of aromatic nitrogens is 1. The van der Waals surface area contributed by atoms with Crippen LogP contribution in [0.2, 0.25) is 0 Å². The summed E-state index contributed by atoms with van der Waals surface area (Å²) in [5, 5.41) is 1.14. The van der Waals surface area contributed by atoms with Gasteiger partial charge in [-0.15, -0.1) is 0 Å². The van der Waals surface area contributed by atoms with E-state index in [2.05, 4.69) is 4.98 Å². The van der Waals surface area contributed by atoms with Crippen LogP contribution >= 0.6 is 0 Å². The predicted octanol–water partition coefficient (Wildman–Crippen LogP) is 2.34. The van der Waals surface area contributed by atoms with Gasteiger partial charge in [0.05, 0.1) is 5.52 Å². The van der Waals surface area contributed by atoms with E-state index in [1.165, 1.54) is 0 Å². The van der Waals surface area contributed by atoms with E-state index in [1.807, 2.05) is 30.3 Å². The number of para-hydroxylation sites is 1. The molecule has 0 N–H and O–H groups in total. The molecule has 2 heteroatoms. The SMILES string of the molecule is c1ccc2nc3c(cc2c1)O3. The molecule has 0 unspecified atom stereocenters. The Labute approximate surface area is 63.4 Å². The Morgan fingerprint density at radius 2 is 2.09 bits per heavy atom. The van der Waals surface area contributed by atoms with Crippen LogP contribution in [-0.4, -0.2) is 4.98 Å². The minimum Gasteiger partial charge on any atom is -0.430 e. The molecule has 2 nitrogen and oxygen atoms in total. The quantitative estimate of drug-likeness (QED) is 0.451. The lowest BCUT2D eigenvalue weighted by molar-refractivity contribution is 0.636. The fourth-order valence-corrected chi connectivity index (χ4v) is 1.21. The van der Waals surface area contributed by atoms with Gasteiger partial charge in [-0.05, 0) is 12.1 Å². The number of hydrogen-bond donors (Lipinski definition) is 0. The van der Waals surface area contributed by atoms with E-state index in [-0.39, 0.29) is 0 Å². The Morgan fingerprint density at radius 1 is 1.18 bits per heavy atom. The van der Waals surface area contributed by atoms with Crippen molar-refractivity contribution in [1.29, 1.82) is 0 Å². The highest BCUT2D eigenvalue weighted by Crippen LogP contribution is 2.44. The lowest BCUT2D eigenvalue weighted by atomic mass is 10.2. The van der Waals surface area contributed by atoms with E-state index in [0.29, 0.717) is 0 Å². The summed E-state index contributed by atoms with van der Waals surface area (Å²) >= 11 is 0. The van der Waals surface area contributed by atoms with E-state index in [9.17, 15) is 0 Å². The van der Waals surface area contributed by atoms with Crippen LogP contribution in [0.5, 0.6) is 11.6 Å². The first-order valence-corrected chi connectivity index (χ1v) is 3.51. The molecule has 0 spiro atoms. The highest BCUT2D eigenvalue weighted by Gasteiger charge is 2.21. The average Bonchev–Trinajstić information content (AvgIpc) is 2.77. The van der Waals surface area contributed by atoms with Crippen molar-refractivity contribution in [3.8, 4) is 11.6 Å². The Balaban J connectivity index is 2.51. The highest BCUT2D eigenvalue weighted by molar-refractivity contribution is 5.83. The molecular formula is C9H5NO. The summed E-state index contributed by atoms with van der Waals surface area (Å²) in [5.41, 5.74) is 1.00. The van der Waals surface area contributed by atoms with Gasteiger partial charge in [-0.25, -0.2) is 4.98 Å². The molecule has 0 aliphatic carbocycles. The molecule has 0 fully saturated rings. The molecule has 0 saturated carbocycles. The van der Waals surface area contributed by atoms with Crippen LogP contribution in [0, 0.1) is 0 Å². The van der Waals surface area contributed by atoms with Crippen LogP contribution in [-0.2, 0) is 0 Å². The number of ether oxygens (including phenoxy) is 1. The molecule has 11 heavy (non-hydrogen) atoms. The highest BCUT2D eigenvalue weighted by atomic mass is 16.6. The maximum Gasteiger partial charge on any atom is 0.264 e. The van der Waals surface area contributed by atoms with Crippen molar-refractivity contribution in [2.24, 2.45) is 0 Å². The second kappa shape index (κ2) is 1.53. The molecule has 0 atom stereocenters. The van der Waals surface area contributed by atoms with Gasteiger partial charge in [-0.3, -0.25) is 0 Å². The molecule has 0 amide bonds. The van der Waals surface area contributed by atoms with Crippen molar-refractivity contribution in [3.63, 3.8) is 0 Å². The summed E-state index contributed by atoms with van der Waals surface area (Å²) < 4.78 is 5.07. The fraction of sp³-hybridized carbons (Fsp3) is 0. The summed E-state index contributed by atoms with van der Waals surface area (Å²) in [7, 11) is 0. The van der Waals surface area contributed by atoms with Gasteiger partial charge in [0.15, 0.2) is 5.75 Å². The number of rotatable bonds is 0. The smallest absolute Gasteiger partial charge is 0.264 e. The summed E-state index contributed by atoms with van der Waals surface area (Å²) in [6.45, 7) is 0. The predicted molar refractivity (Wildman–Crippen MR) is 41.8 cm³/mol. The van der Waals surface area contributed by atoms with Gasteiger partial charge in [0, 0.05) is 5.39 Å². The van der Waals surface area contributed by atoms with Gasteiger partial charge in [-0.1, -0.05) is 18.2 Å². The number of pyridine rings is 1. The Kier molecular flexibility index (Phi) is 0.714. The minimum absolute atomic E-state index is 0.781. The number of fused-ring (bicyclic) bond motifs is 2. The van der Waals surface area contributed by atoms with Gasteiger partial charge in [0.2, 0.25) is 0 Å². The molecular weight excluding hydrogens is 138 g/mol. The van der Waals surface area contributed by atoms with E-state index in [0.717, 1.165) is 22.5 Å². The van der Waals surface area contributed by atoms with Crippen LogP contribution in [0.25, 0.3) is 10.9 Å². The van der Waals surface area contributed by atoms with Gasteiger partial charge in [0.25, 0.3) is 5.88 Å². The third kappa shape index (κ3) is 0.635. The molecule has 1 aliphatic heterocycles. The zero-order chi connectivity index (χ0) is 7.26. The fourth-order valence-electron chi connectivity index (χ4n) is 1.21. The van der Waals surface area contributed by atoms with Crippen LogP contribution in [0.1, 0.15) is 0 Å². The van der Waals surface area contributed by atoms with E-state index < -0.39 is 0 Å². The number of nitrogens with zero attached hydrogens (tertiary/aromatic N) is 1. The maximum absolute atomic E-state index is 5.07. The van der Waals surface area contributed by atoms with Gasteiger partial charge in [-0.2, -0.15) is 0 Å². The van der Waals surface area contributed by atoms with Crippen molar-refractivity contribution in [3.05, 3.63) is 30.3 Å². The van der Waals surface area contributed by atoms with Crippen molar-refractivity contribution in [2.45, 2.75) is 0 Å². The first-order chi connectivity index (χ1) is 5.43. The zero-order valence-electron chi connectivity index (χ0n) is 5.74. The van der Waals surface area contributed by atoms with Crippen LogP contribution in [0.4, 0.5) is 0 Å². The zero-order valence-corrected chi connectivity index (χ0v) is 5.74. The molecule has 1 aromatic carbocycles. The molecule has 3 rings (SSSR count). The summed E-state index contributed by atoms with van der Waals surface area (Å²) in [5.74, 6) is 1.70. The topological polar surface area (TPSA) is 25.4 Å². The first kappa shape index (κ1) is 5.13. The largest absolute Gasteiger partial charge is 0.430 e. The van der Waals surface area contributed by atoms with Gasteiger partial charge >= 0.3 is 0 Å². The normalized spacial score (nSPS) is 12.4. The van der Waals surface area contributed by atoms with Gasteiger partial charge in [0.1, 0.15) is 0 Å². The van der Waals surface area contributed by atoms with Crippen LogP contribution in [0.15, 0.2) is 30.3 Å². The summed E-state index contributed by atoms with van der Waals surface area (Å²) in [6.07, 6.45) is 0. The Bertz CT molecular complexity index is 396. The molecule has 0 radical (unpaired) electrons. The average molecular weight is 143 g/mol. The monoisotopic (exact) mass is 143 g/mol. The summed E-state index contributed by atoms with van der Waals surface area (Å²) in [4.78, 5) is 4.25. The first-order valence-electron chi connectivity index (χ1n) is 3.51. The van der Waals surface area contributed by atoms with Crippen LogP contribution < -0.4 is 4.74 Å². The Morgan fingerprint density at radius 3 is 3.09 bits per heavy atom. The Hall–Kier alpha value is -1.57. The molecule has 0 saturated heterocycles. The molecule has 2 aromatic rings.